The molecule has 540 valence electrons. The zero-order chi connectivity index (χ0) is 72.2. The van der Waals surface area contributed by atoms with Gasteiger partial charge in [0.05, 0.1) is 55.4 Å². The number of benzene rings is 2. The lowest BCUT2D eigenvalue weighted by Gasteiger charge is -2.41. The van der Waals surface area contributed by atoms with Crippen LogP contribution < -0.4 is 54.0 Å². The first-order valence-electron chi connectivity index (χ1n) is 33.7. The number of rotatable bonds is 40. The number of urea groups is 1. The van der Waals surface area contributed by atoms with E-state index in [2.05, 4.69) is 57.5 Å². The molecule has 1 fully saturated rings. The summed E-state index contributed by atoms with van der Waals surface area (Å²) in [7, 11) is 4.69. The molecule has 11 amide bonds. The predicted molar refractivity (Wildman–Crippen MR) is 371 cm³/mol. The van der Waals surface area contributed by atoms with Crippen LogP contribution in [0.1, 0.15) is 148 Å². The molecule has 0 spiro atoms. The Morgan fingerprint density at radius 2 is 1.48 bits per heavy atom. The summed E-state index contributed by atoms with van der Waals surface area (Å²) in [5.41, 5.74) is 11.8. The normalized spacial score (nSPS) is 16.2. The first kappa shape index (κ1) is 80.1. The Morgan fingerprint density at radius 3 is 2.08 bits per heavy atom. The quantitative estimate of drug-likeness (QED) is 0.0264. The molecule has 0 aliphatic carbocycles. The van der Waals surface area contributed by atoms with Gasteiger partial charge in [-0.05, 0) is 113 Å². The molecule has 3 heterocycles. The monoisotopic (exact) mass is 1380 g/mol. The third-order valence-electron chi connectivity index (χ3n) is 17.8. The van der Waals surface area contributed by atoms with Gasteiger partial charge in [0.25, 0.3) is 0 Å². The summed E-state index contributed by atoms with van der Waals surface area (Å²) in [5.74, 6) is -5.57. The first-order chi connectivity index (χ1) is 46.6. The number of imidazole rings is 1. The maximum absolute atomic E-state index is 14.8. The zero-order valence-corrected chi connectivity index (χ0v) is 59.6. The van der Waals surface area contributed by atoms with E-state index in [-0.39, 0.29) is 69.0 Å². The van der Waals surface area contributed by atoms with Crippen molar-refractivity contribution in [3.8, 4) is 0 Å². The highest BCUT2D eigenvalue weighted by molar-refractivity contribution is 7.09. The molecule has 0 unspecified atom stereocenters. The van der Waals surface area contributed by atoms with Crippen molar-refractivity contribution < 1.29 is 62.2 Å². The Morgan fingerprint density at radius 1 is 0.796 bits per heavy atom. The minimum atomic E-state index is -1.60. The maximum Gasteiger partial charge on any atom is 0.408 e. The number of amides is 11. The van der Waals surface area contributed by atoms with Gasteiger partial charge in [-0.1, -0.05) is 97.4 Å². The van der Waals surface area contributed by atoms with Crippen LogP contribution in [0.15, 0.2) is 78.7 Å². The molecule has 98 heavy (non-hydrogen) atoms. The molecule has 4 aromatic rings. The van der Waals surface area contributed by atoms with Crippen molar-refractivity contribution in [3.05, 3.63) is 101 Å². The van der Waals surface area contributed by atoms with Crippen LogP contribution in [-0.2, 0) is 72.0 Å². The Balaban J connectivity index is 1.18. The fourth-order valence-electron chi connectivity index (χ4n) is 11.9. The molecule has 0 bridgehead atoms. The van der Waals surface area contributed by atoms with Crippen molar-refractivity contribution in [2.24, 2.45) is 35.1 Å². The van der Waals surface area contributed by atoms with Crippen molar-refractivity contribution in [3.63, 3.8) is 0 Å². The van der Waals surface area contributed by atoms with Gasteiger partial charge in [-0.15, -0.1) is 11.3 Å². The number of carbonyl (C=O) groups is 10. The molecule has 29 heteroatoms. The second-order valence-corrected chi connectivity index (χ2v) is 27.2. The van der Waals surface area contributed by atoms with Crippen LogP contribution in [0, 0.1) is 23.7 Å². The van der Waals surface area contributed by atoms with Crippen LogP contribution in [-0.4, -0.2) is 179 Å². The first-order valence-corrected chi connectivity index (χ1v) is 34.6. The number of nitrogens with one attached hydrogen (secondary N) is 9. The molecular weight excluding hydrogens is 1280 g/mol. The smallest absolute Gasteiger partial charge is 0.408 e. The summed E-state index contributed by atoms with van der Waals surface area (Å²) in [6.45, 7) is 16.4. The number of H-pyrrole nitrogens is 1. The number of methoxy groups -OCH3 is 2. The van der Waals surface area contributed by atoms with Crippen LogP contribution in [0.3, 0.4) is 0 Å². The topological polar surface area (TPSA) is 395 Å². The average Bonchev–Trinajstić information content (AvgIpc) is 1.83. The van der Waals surface area contributed by atoms with Crippen LogP contribution in [0.4, 0.5) is 15.3 Å². The summed E-state index contributed by atoms with van der Waals surface area (Å²) < 4.78 is 17.7. The van der Waals surface area contributed by atoms with Gasteiger partial charge in [-0.25, -0.2) is 19.6 Å². The van der Waals surface area contributed by atoms with Crippen LogP contribution in [0.5, 0.6) is 0 Å². The van der Waals surface area contributed by atoms with E-state index in [1.54, 1.807) is 82.1 Å². The number of aromatic nitrogens is 3. The third kappa shape index (κ3) is 24.5. The lowest BCUT2D eigenvalue weighted by atomic mass is 9.89. The van der Waals surface area contributed by atoms with E-state index in [1.165, 1.54) is 44.8 Å². The van der Waals surface area contributed by atoms with Gasteiger partial charge < -0.3 is 83.0 Å². The number of hydrogen-bond donors (Lipinski definition) is 11. The molecule has 11 atom stereocenters. The summed E-state index contributed by atoms with van der Waals surface area (Å²) in [6, 6.07) is 9.63. The van der Waals surface area contributed by atoms with E-state index in [1.807, 2.05) is 56.5 Å². The van der Waals surface area contributed by atoms with E-state index in [0.29, 0.717) is 68.6 Å². The van der Waals surface area contributed by atoms with Gasteiger partial charge in [0.2, 0.25) is 47.3 Å². The summed E-state index contributed by atoms with van der Waals surface area (Å²) in [4.78, 5) is 152. The van der Waals surface area contributed by atoms with Crippen LogP contribution in [0.2, 0.25) is 0 Å². The molecule has 5 rings (SSSR count). The standard InChI is InChI=1S/C69H105N15O13S/c1-13-43(6)58(53(95-11)37-55(86)84-33-20-25-52(84)59(96-12)44(7)60(87)79-51(64-73-32-34-98-64)35-45-21-15-14-16-22-45)83(10)65(91)57(42(4)5)81-66(92)69(8,9)82-68(94)97-39-46-26-28-47(29-27-46)76-61(88)50(24-19-31-74-67(71)93)78-63(90)56(41(2)3)80-62(89)49(23-17-18-30-70)77-54(85)36-48-38-72-40-75-48/h14-16,21-22,26-29,32,34,38,40-44,49-53,56-59H,13,17-20,23-25,30-31,33,35-37,39,70H2,1-12H3,(H,72,75)(H,76,88)(H,77,85)(H,78,90)(H,79,87)(H,80,89)(H,81,92)(H,82,94)(H3,71,74,93)/t43-,44+,49-,50-,51-,52-,53+,56-,57-,58-,59+/m0/s1. The molecular formula is C69H105N15O13S. The van der Waals surface area contributed by atoms with Crippen molar-refractivity contribution in [2.45, 2.75) is 200 Å². The van der Waals surface area contributed by atoms with Gasteiger partial charge in [0.1, 0.15) is 41.3 Å². The number of likely N-dealkylation sites (tertiary alicyclic amines) is 1. The van der Waals surface area contributed by atoms with E-state index >= 15 is 0 Å². The van der Waals surface area contributed by atoms with E-state index in [4.69, 9.17) is 25.7 Å². The largest absolute Gasteiger partial charge is 0.445 e. The highest BCUT2D eigenvalue weighted by Gasteiger charge is 2.44. The Kier molecular flexibility index (Phi) is 32.5. The fraction of sp³-hybridized carbons (Fsp3) is 0.594. The number of aromatic amines is 1. The fourth-order valence-corrected chi connectivity index (χ4v) is 12.6. The van der Waals surface area contributed by atoms with E-state index < -0.39 is 119 Å². The van der Waals surface area contributed by atoms with Gasteiger partial charge in [0, 0.05) is 63.5 Å². The minimum absolute atomic E-state index is 0.0506. The molecule has 0 radical (unpaired) electrons. The number of hydrogen-bond acceptors (Lipinski definition) is 17. The van der Waals surface area contributed by atoms with Crippen molar-refractivity contribution in [1.29, 1.82) is 0 Å². The maximum atomic E-state index is 14.8. The third-order valence-corrected chi connectivity index (χ3v) is 18.6. The average molecular weight is 1380 g/mol. The molecule has 1 aliphatic rings. The number of primary amides is 1. The number of unbranched alkanes of at least 4 members (excludes halogenated alkanes) is 1. The molecule has 2 aromatic heterocycles. The van der Waals surface area contributed by atoms with Gasteiger partial charge in [-0.3, -0.25) is 38.4 Å². The number of nitrogens with zero attached hydrogens (tertiary/aromatic N) is 4. The molecule has 2 aromatic carbocycles. The summed E-state index contributed by atoms with van der Waals surface area (Å²) in [5, 5.41) is 24.9. The molecule has 1 saturated heterocycles. The van der Waals surface area contributed by atoms with Crippen molar-refractivity contribution >= 4 is 76.4 Å². The van der Waals surface area contributed by atoms with Crippen LogP contribution >= 0.6 is 11.3 Å². The zero-order valence-electron chi connectivity index (χ0n) is 58.8. The molecule has 0 saturated carbocycles. The molecule has 1 aliphatic heterocycles. The van der Waals surface area contributed by atoms with E-state index in [9.17, 15) is 47.9 Å². The predicted octanol–water partition coefficient (Wildman–Crippen LogP) is 4.90. The second-order valence-electron chi connectivity index (χ2n) is 26.3. The van der Waals surface area contributed by atoms with E-state index in [0.717, 1.165) is 10.6 Å². The van der Waals surface area contributed by atoms with Crippen molar-refractivity contribution in [1.82, 2.24) is 62.0 Å². The lowest BCUT2D eigenvalue weighted by molar-refractivity contribution is -0.148. The number of thiazole rings is 1. The Bertz CT molecular complexity index is 3190. The second kappa shape index (κ2) is 39.8. The van der Waals surface area contributed by atoms with Gasteiger partial charge in [-0.2, -0.15) is 0 Å². The number of anilines is 1. The lowest BCUT2D eigenvalue weighted by Crippen LogP contribution is -2.62. The summed E-state index contributed by atoms with van der Waals surface area (Å²) in [6.07, 6.45) is 6.29. The van der Waals surface area contributed by atoms with Crippen molar-refractivity contribution in [2.75, 3.05) is 46.2 Å². The number of carbonyl (C=O) groups excluding carboxylic acids is 10. The Hall–Kier alpha value is -8.54. The number of alkyl carbamates (subject to hydrolysis) is 1. The highest BCUT2D eigenvalue weighted by Crippen LogP contribution is 2.31. The van der Waals surface area contributed by atoms with Crippen LogP contribution in [0.25, 0.3) is 0 Å². The SMILES string of the molecule is CC[C@H](C)[C@@H]([C@@H](CC(=O)N1CCC[C@H]1[C@H](OC)[C@@H](C)C(=O)N[C@@H](Cc1ccccc1)c1nccs1)OC)N(C)C(=O)[C@@H](NC(=O)C(C)(C)NC(=O)OCc1ccc(NC(=O)[C@H](CCCNC(N)=O)NC(=O)[C@@H](NC(=O)[C@H](CCCCN)NC(=O)Cc2cnc[nH]2)C(C)C)cc1)C(C)C. The van der Waals surface area contributed by atoms with Gasteiger partial charge in [0.15, 0.2) is 0 Å². The minimum Gasteiger partial charge on any atom is -0.445 e. The van der Waals surface area contributed by atoms with Gasteiger partial charge >= 0.3 is 12.1 Å². The highest BCUT2D eigenvalue weighted by atomic mass is 32.1. The molecule has 13 N–H and O–H groups in total. The summed E-state index contributed by atoms with van der Waals surface area (Å²) >= 11 is 1.47. The number of likely N-dealkylation sites (N-methyl/N-ethyl adjacent to an activating group) is 1. The number of nitrogens with two attached hydrogens (primary N) is 2. The Labute approximate surface area is 579 Å². The molecule has 28 nitrogen and oxygen atoms in total. The number of ether oxygens (including phenoxy) is 3.